The Kier molecular flexibility index (Phi) is 8.37. The predicted octanol–water partition coefficient (Wildman–Crippen LogP) is 9.31. The molecular weight excluding hydrogens is 443 g/mol. The molecular formula is C33H39OP. The van der Waals surface area contributed by atoms with Gasteiger partial charge in [0.05, 0.1) is 7.11 Å². The van der Waals surface area contributed by atoms with Crippen molar-refractivity contribution in [2.45, 2.75) is 75.5 Å². The highest BCUT2D eigenvalue weighted by molar-refractivity contribution is 7.67. The van der Waals surface area contributed by atoms with Crippen molar-refractivity contribution in [3.63, 3.8) is 0 Å². The van der Waals surface area contributed by atoms with Crippen LogP contribution in [0, 0.1) is 0 Å². The average molecular weight is 483 g/mol. The van der Waals surface area contributed by atoms with Gasteiger partial charge >= 0.3 is 0 Å². The first kappa shape index (κ1) is 24.3. The molecule has 35 heavy (non-hydrogen) atoms. The van der Waals surface area contributed by atoms with Crippen LogP contribution < -0.4 is 10.0 Å². The number of methoxy groups -OCH3 is 1. The van der Waals surface area contributed by atoms with Crippen LogP contribution in [0.15, 0.2) is 72.8 Å². The third kappa shape index (κ3) is 5.90. The minimum atomic E-state index is -0.146. The number of benzene rings is 3. The summed E-state index contributed by atoms with van der Waals surface area (Å²) in [6, 6.07) is 26.7. The molecule has 0 spiro atoms. The van der Waals surface area contributed by atoms with E-state index in [1.807, 2.05) is 12.1 Å². The van der Waals surface area contributed by atoms with Crippen LogP contribution >= 0.6 is 7.92 Å². The lowest BCUT2D eigenvalue weighted by atomic mass is 9.98. The molecule has 0 radical (unpaired) electrons. The highest BCUT2D eigenvalue weighted by atomic mass is 31.1. The second-order valence-corrected chi connectivity index (χ2v) is 13.0. The molecule has 3 aromatic rings. The second-order valence-electron chi connectivity index (χ2n) is 10.2. The third-order valence-electron chi connectivity index (χ3n) is 7.94. The molecule has 0 amide bonds. The Morgan fingerprint density at radius 2 is 1.20 bits per heavy atom. The largest absolute Gasteiger partial charge is 0.497 e. The Morgan fingerprint density at radius 1 is 0.629 bits per heavy atom. The Hall–Kier alpha value is -2.37. The van der Waals surface area contributed by atoms with Gasteiger partial charge in [0.25, 0.3) is 0 Å². The van der Waals surface area contributed by atoms with Gasteiger partial charge in [0.1, 0.15) is 5.75 Å². The van der Waals surface area contributed by atoms with Gasteiger partial charge in [-0.05, 0) is 76.7 Å². The van der Waals surface area contributed by atoms with Gasteiger partial charge in [0, 0.05) is 0 Å². The van der Waals surface area contributed by atoms with Crippen LogP contribution in [0.4, 0.5) is 0 Å². The lowest BCUT2D eigenvalue weighted by molar-refractivity contribution is 0.415. The Labute approximate surface area is 213 Å². The van der Waals surface area contributed by atoms with Crippen LogP contribution in [-0.2, 0) is 0 Å². The summed E-state index contributed by atoms with van der Waals surface area (Å²) in [6.07, 6.45) is 18.9. The van der Waals surface area contributed by atoms with E-state index in [-0.39, 0.29) is 7.92 Å². The van der Waals surface area contributed by atoms with E-state index in [4.69, 9.17) is 4.74 Å². The molecule has 182 valence electrons. The molecule has 0 bridgehead atoms. The topological polar surface area (TPSA) is 9.23 Å². The van der Waals surface area contributed by atoms with E-state index in [9.17, 15) is 0 Å². The van der Waals surface area contributed by atoms with E-state index in [1.165, 1.54) is 86.5 Å². The van der Waals surface area contributed by atoms with Gasteiger partial charge in [0.15, 0.2) is 0 Å². The Bertz CT molecular complexity index is 1090. The summed E-state index contributed by atoms with van der Waals surface area (Å²) >= 11 is 0. The van der Waals surface area contributed by atoms with Gasteiger partial charge in [-0.15, -0.1) is 0 Å². The summed E-state index contributed by atoms with van der Waals surface area (Å²) in [7, 11) is 1.57. The van der Waals surface area contributed by atoms with E-state index in [0.717, 1.165) is 17.1 Å². The maximum absolute atomic E-state index is 5.32. The van der Waals surface area contributed by atoms with Crippen LogP contribution in [0.5, 0.6) is 5.75 Å². The molecule has 2 aliphatic carbocycles. The quantitative estimate of drug-likeness (QED) is 0.241. The monoisotopic (exact) mass is 482 g/mol. The van der Waals surface area contributed by atoms with Crippen LogP contribution in [-0.4, -0.2) is 18.4 Å². The van der Waals surface area contributed by atoms with Crippen molar-refractivity contribution in [2.24, 2.45) is 0 Å². The molecule has 0 heterocycles. The lowest BCUT2D eigenvalue weighted by Crippen LogP contribution is -2.27. The SMILES string of the molecule is COc1ccc(C=Cc2ccccc2-c2ccccc2P(C2CCCCC2)C2CCCCC2)cc1. The molecule has 3 aromatic carbocycles. The van der Waals surface area contributed by atoms with Gasteiger partial charge in [-0.3, -0.25) is 0 Å². The van der Waals surface area contributed by atoms with Crippen molar-refractivity contribution in [1.29, 1.82) is 0 Å². The van der Waals surface area contributed by atoms with E-state index in [0.29, 0.717) is 0 Å². The first-order valence-corrected chi connectivity index (χ1v) is 15.1. The summed E-state index contributed by atoms with van der Waals surface area (Å²) < 4.78 is 5.32. The maximum Gasteiger partial charge on any atom is 0.118 e. The van der Waals surface area contributed by atoms with Crippen LogP contribution in [0.2, 0.25) is 0 Å². The normalized spacial score (nSPS) is 17.8. The molecule has 0 aliphatic heterocycles. The third-order valence-corrected chi connectivity index (χ3v) is 11.5. The summed E-state index contributed by atoms with van der Waals surface area (Å²) in [4.78, 5) is 0. The van der Waals surface area contributed by atoms with Crippen molar-refractivity contribution >= 4 is 25.4 Å². The molecule has 0 aromatic heterocycles. The van der Waals surface area contributed by atoms with Crippen molar-refractivity contribution in [3.05, 3.63) is 83.9 Å². The highest BCUT2D eigenvalue weighted by Crippen LogP contribution is 2.56. The van der Waals surface area contributed by atoms with Crippen LogP contribution in [0.1, 0.15) is 75.3 Å². The second kappa shape index (κ2) is 12.0. The summed E-state index contributed by atoms with van der Waals surface area (Å²) in [5.41, 5.74) is 7.17. The van der Waals surface area contributed by atoms with Crippen molar-refractivity contribution < 1.29 is 4.74 Å². The fourth-order valence-electron chi connectivity index (χ4n) is 6.13. The molecule has 0 saturated heterocycles. The number of hydrogen-bond donors (Lipinski definition) is 0. The number of ether oxygens (including phenoxy) is 1. The standard InChI is InChI=1S/C33H39OP/c1-34-28-24-21-26(22-25-28)20-23-27-12-8-9-17-31(27)32-18-10-11-19-33(32)35(29-13-4-2-5-14-29)30-15-6-3-7-16-30/h8-12,17-25,29-30H,2-7,13-16H2,1H3. The van der Waals surface area contributed by atoms with Crippen LogP contribution in [0.3, 0.4) is 0 Å². The fourth-order valence-corrected chi connectivity index (χ4v) is 10.1. The summed E-state index contributed by atoms with van der Waals surface area (Å²) in [5, 5.41) is 1.67. The van der Waals surface area contributed by atoms with E-state index in [2.05, 4.69) is 72.8 Å². The Morgan fingerprint density at radius 3 is 1.83 bits per heavy atom. The van der Waals surface area contributed by atoms with E-state index in [1.54, 1.807) is 12.4 Å². The van der Waals surface area contributed by atoms with Gasteiger partial charge in [-0.25, -0.2) is 0 Å². The minimum absolute atomic E-state index is 0.146. The van der Waals surface area contributed by atoms with E-state index < -0.39 is 0 Å². The van der Waals surface area contributed by atoms with Crippen molar-refractivity contribution in [2.75, 3.05) is 7.11 Å². The molecule has 2 heteroatoms. The van der Waals surface area contributed by atoms with Gasteiger partial charge in [0.2, 0.25) is 0 Å². The van der Waals surface area contributed by atoms with Gasteiger partial charge in [-0.2, -0.15) is 0 Å². The summed E-state index contributed by atoms with van der Waals surface area (Å²) in [6.45, 7) is 0. The van der Waals surface area contributed by atoms with Gasteiger partial charge < -0.3 is 4.74 Å². The average Bonchev–Trinajstić information content (AvgIpc) is 2.94. The molecule has 0 atom stereocenters. The molecule has 2 saturated carbocycles. The summed E-state index contributed by atoms with van der Waals surface area (Å²) in [5.74, 6) is 0.898. The van der Waals surface area contributed by atoms with Crippen molar-refractivity contribution in [3.8, 4) is 16.9 Å². The minimum Gasteiger partial charge on any atom is -0.497 e. The Balaban J connectivity index is 1.52. The maximum atomic E-state index is 5.32. The molecule has 1 nitrogen and oxygen atoms in total. The molecule has 5 rings (SSSR count). The fraction of sp³-hybridized carbons (Fsp3) is 0.394. The molecule has 2 aliphatic rings. The first-order valence-electron chi connectivity index (χ1n) is 13.6. The lowest BCUT2D eigenvalue weighted by Gasteiger charge is -2.39. The van der Waals surface area contributed by atoms with Crippen LogP contribution in [0.25, 0.3) is 23.3 Å². The zero-order valence-electron chi connectivity index (χ0n) is 21.2. The zero-order valence-corrected chi connectivity index (χ0v) is 22.1. The predicted molar refractivity (Wildman–Crippen MR) is 154 cm³/mol. The smallest absolute Gasteiger partial charge is 0.118 e. The van der Waals surface area contributed by atoms with Gasteiger partial charge in [-0.1, -0.05) is 119 Å². The molecule has 0 N–H and O–H groups in total. The van der Waals surface area contributed by atoms with Crippen molar-refractivity contribution in [1.82, 2.24) is 0 Å². The van der Waals surface area contributed by atoms with E-state index >= 15 is 0 Å². The molecule has 2 fully saturated rings. The number of rotatable bonds is 7. The highest BCUT2D eigenvalue weighted by Gasteiger charge is 2.33. The molecule has 0 unspecified atom stereocenters. The number of hydrogen-bond acceptors (Lipinski definition) is 1. The first-order chi connectivity index (χ1) is 17.3. The zero-order chi connectivity index (χ0) is 23.9.